The second-order valence-electron chi connectivity index (χ2n) is 13.9. The Morgan fingerprint density at radius 3 is 2.14 bits per heavy atom. The molecule has 2 aromatic rings. The predicted molar refractivity (Wildman–Crippen MR) is 188 cm³/mol. The molecule has 6 rings (SSSR count). The van der Waals surface area contributed by atoms with Crippen LogP contribution in [0.1, 0.15) is 47.9 Å². The van der Waals surface area contributed by atoms with E-state index in [1.165, 1.54) is 4.31 Å². The Morgan fingerprint density at radius 2 is 1.50 bits per heavy atom. The molecule has 0 aliphatic carbocycles. The van der Waals surface area contributed by atoms with Crippen molar-refractivity contribution in [1.82, 2.24) is 23.9 Å². The molecule has 0 spiro atoms. The van der Waals surface area contributed by atoms with Crippen LogP contribution in [0.2, 0.25) is 0 Å². The van der Waals surface area contributed by atoms with Crippen LogP contribution < -0.4 is 10.5 Å². The summed E-state index contributed by atoms with van der Waals surface area (Å²) >= 11 is 0. The number of nitrogens with two attached hydrogens (primary N) is 1. The Hall–Kier alpha value is -3.92. The molecule has 4 aliphatic rings. The number of piperidine rings is 2. The van der Waals surface area contributed by atoms with E-state index in [4.69, 9.17) is 9.88 Å². The summed E-state index contributed by atoms with van der Waals surface area (Å²) in [6.45, 7) is 7.86. The summed E-state index contributed by atoms with van der Waals surface area (Å²) < 4.78 is 30.8. The number of rotatable bonds is 7. The van der Waals surface area contributed by atoms with Crippen LogP contribution in [0.15, 0.2) is 36.4 Å². The van der Waals surface area contributed by atoms with Crippen molar-refractivity contribution in [1.29, 1.82) is 0 Å². The number of amides is 4. The number of ether oxygens (including phenoxy) is 1. The minimum atomic E-state index is -3.71. The Balaban J connectivity index is 1.07. The second kappa shape index (κ2) is 15.1. The second-order valence-corrected chi connectivity index (χ2v) is 15.5. The van der Waals surface area contributed by atoms with Crippen molar-refractivity contribution in [3.05, 3.63) is 58.7 Å². The van der Waals surface area contributed by atoms with E-state index in [0.29, 0.717) is 82.9 Å². The van der Waals surface area contributed by atoms with Crippen LogP contribution in [0.25, 0.3) is 0 Å². The number of likely N-dealkylation sites (tertiary alicyclic amines) is 2. The average Bonchev–Trinajstić information content (AvgIpc) is 3.27. The van der Waals surface area contributed by atoms with Crippen LogP contribution in [-0.4, -0.2) is 133 Å². The molecule has 14 nitrogen and oxygen atoms in total. The number of phenolic OH excluding ortho intramolecular Hbond substituents is 1. The quantitative estimate of drug-likeness (QED) is 0.394. The first-order chi connectivity index (χ1) is 23.9. The molecule has 1 atom stereocenters. The topological polar surface area (TPSA) is 169 Å². The van der Waals surface area contributed by atoms with Gasteiger partial charge < -0.3 is 29.9 Å². The van der Waals surface area contributed by atoms with E-state index >= 15 is 0 Å². The lowest BCUT2D eigenvalue weighted by atomic mass is 9.98. The predicted octanol–water partition coefficient (Wildman–Crippen LogP) is 2.42. The van der Waals surface area contributed by atoms with Crippen molar-refractivity contribution in [2.24, 2.45) is 5.14 Å². The summed E-state index contributed by atoms with van der Waals surface area (Å²) in [5, 5.41) is 18.7. The number of nitrogens with zero attached hydrogens (tertiary/aromatic N) is 5. The van der Waals surface area contributed by atoms with Crippen LogP contribution in [-0.2, 0) is 32.6 Å². The lowest BCUT2D eigenvalue weighted by Gasteiger charge is -2.42. The molecule has 0 bridgehead atoms. The van der Waals surface area contributed by atoms with Gasteiger partial charge >= 0.3 is 12.1 Å². The number of phenols is 1. The molecule has 3 fully saturated rings. The minimum Gasteiger partial charge on any atom is -0.507 e. The Morgan fingerprint density at radius 1 is 0.900 bits per heavy atom. The molecule has 15 heteroatoms. The maximum Gasteiger partial charge on any atom is 0.410 e. The van der Waals surface area contributed by atoms with Crippen molar-refractivity contribution in [2.45, 2.75) is 70.6 Å². The molecule has 0 aromatic heterocycles. The maximum absolute atomic E-state index is 14.0. The summed E-state index contributed by atoms with van der Waals surface area (Å²) in [5.74, 6) is -0.0552. The maximum atomic E-state index is 14.0. The zero-order valence-corrected chi connectivity index (χ0v) is 29.7. The normalized spacial score (nSPS) is 20.9. The highest BCUT2D eigenvalue weighted by Crippen LogP contribution is 2.28. The van der Waals surface area contributed by atoms with Crippen LogP contribution in [0.3, 0.4) is 0 Å². The molecule has 50 heavy (non-hydrogen) atoms. The number of nitrogens with one attached hydrogen (secondary N) is 1. The van der Waals surface area contributed by atoms with E-state index in [1.54, 1.807) is 23.6 Å². The summed E-state index contributed by atoms with van der Waals surface area (Å²) in [5.41, 5.74) is 4.10. The average molecular weight is 712 g/mol. The van der Waals surface area contributed by atoms with Gasteiger partial charge in [0, 0.05) is 83.1 Å². The minimum absolute atomic E-state index is 0.0160. The molecule has 4 N–H and O–H groups in total. The third-order valence-electron chi connectivity index (χ3n) is 10.7. The van der Waals surface area contributed by atoms with E-state index in [2.05, 4.69) is 10.2 Å². The number of benzene rings is 2. The van der Waals surface area contributed by atoms with Crippen LogP contribution in [0.4, 0.5) is 15.3 Å². The molecular weight excluding hydrogens is 662 g/mol. The first-order valence-corrected chi connectivity index (χ1v) is 19.1. The number of aromatic hydroxyl groups is 1. The molecule has 0 radical (unpaired) electrons. The number of carbonyl (C=O) groups is 3. The van der Waals surface area contributed by atoms with Crippen molar-refractivity contribution < 1.29 is 32.6 Å². The molecule has 272 valence electrons. The standard InChI is InChI=1S/C35H49N7O7S/c1-24-21-26(22-25(2)32(24)43)23-31(33(44)39-12-8-28(9-13-39)38-17-19-41(20-18-38)50(36,47)48)49-35(46)40-14-10-29(11-15-40)42-16-7-27-5-3-4-6-30(27)37-34(42)45/h3-6,21-22,28-29,31,43H,7-20,23H2,1-2H3,(H,37,45)(H2,36,47,48)/t31-/m1/s1. The van der Waals surface area contributed by atoms with E-state index in [0.717, 1.165) is 36.1 Å². The summed E-state index contributed by atoms with van der Waals surface area (Å²) in [4.78, 5) is 48.3. The van der Waals surface area contributed by atoms with Gasteiger partial charge in [0.05, 0.1) is 0 Å². The highest BCUT2D eigenvalue weighted by molar-refractivity contribution is 7.86. The van der Waals surface area contributed by atoms with Gasteiger partial charge in [-0.15, -0.1) is 0 Å². The number of anilines is 1. The molecular formula is C35H49N7O7S. The lowest BCUT2D eigenvalue weighted by Crippen LogP contribution is -2.56. The molecule has 2 aromatic carbocycles. The fourth-order valence-electron chi connectivity index (χ4n) is 7.83. The van der Waals surface area contributed by atoms with Gasteiger partial charge in [-0.25, -0.2) is 14.7 Å². The van der Waals surface area contributed by atoms with Crippen LogP contribution in [0, 0.1) is 13.8 Å². The SMILES string of the molecule is Cc1cc(C[C@@H](OC(=O)N2CCC(N3CCc4ccccc4NC3=O)CC2)C(=O)N2CCC(N3CCN(S(N)(=O)=O)CC3)CC2)cc(C)c1O. The molecule has 3 saturated heterocycles. The molecule has 0 unspecified atom stereocenters. The van der Waals surface area contributed by atoms with Gasteiger partial charge in [-0.2, -0.15) is 12.7 Å². The van der Waals surface area contributed by atoms with Crippen LogP contribution >= 0.6 is 0 Å². The molecule has 4 heterocycles. The van der Waals surface area contributed by atoms with Crippen LogP contribution in [0.5, 0.6) is 5.75 Å². The van der Waals surface area contributed by atoms with Crippen molar-refractivity contribution in [3.63, 3.8) is 0 Å². The van der Waals surface area contributed by atoms with Gasteiger partial charge in [0.15, 0.2) is 6.10 Å². The number of urea groups is 1. The fraction of sp³-hybridized carbons (Fsp3) is 0.571. The van der Waals surface area contributed by atoms with Gasteiger partial charge in [-0.3, -0.25) is 9.69 Å². The Kier molecular flexibility index (Phi) is 10.9. The zero-order chi connectivity index (χ0) is 35.6. The number of fused-ring (bicyclic) bond motifs is 1. The third-order valence-corrected chi connectivity index (χ3v) is 11.8. The first kappa shape index (κ1) is 35.9. The summed E-state index contributed by atoms with van der Waals surface area (Å²) in [7, 11) is -3.71. The van der Waals surface area contributed by atoms with Gasteiger partial charge in [-0.05, 0) is 74.3 Å². The number of hydrogen-bond acceptors (Lipinski definition) is 8. The largest absolute Gasteiger partial charge is 0.507 e. The number of para-hydroxylation sites is 1. The van der Waals surface area contributed by atoms with E-state index < -0.39 is 22.4 Å². The Bertz CT molecular complexity index is 1660. The Labute approximate surface area is 294 Å². The highest BCUT2D eigenvalue weighted by atomic mass is 32.2. The van der Waals surface area contributed by atoms with E-state index in [9.17, 15) is 27.9 Å². The summed E-state index contributed by atoms with van der Waals surface area (Å²) in [6.07, 6.45) is 1.98. The monoisotopic (exact) mass is 711 g/mol. The van der Waals surface area contributed by atoms with Crippen molar-refractivity contribution >= 4 is 33.9 Å². The molecule has 0 saturated carbocycles. The molecule has 4 aliphatic heterocycles. The number of carbonyl (C=O) groups excluding carboxylic acids is 3. The van der Waals surface area contributed by atoms with Gasteiger partial charge in [0.25, 0.3) is 16.1 Å². The van der Waals surface area contributed by atoms with Gasteiger partial charge in [0.2, 0.25) is 0 Å². The van der Waals surface area contributed by atoms with Crippen molar-refractivity contribution in [3.8, 4) is 5.75 Å². The lowest BCUT2D eigenvalue weighted by molar-refractivity contribution is -0.142. The zero-order valence-electron chi connectivity index (χ0n) is 28.9. The first-order valence-electron chi connectivity index (χ1n) is 17.6. The van der Waals surface area contributed by atoms with E-state index in [-0.39, 0.29) is 36.2 Å². The van der Waals surface area contributed by atoms with Gasteiger partial charge in [-0.1, -0.05) is 30.3 Å². The number of aryl methyl sites for hydroxylation is 2. The number of piperazine rings is 1. The van der Waals surface area contributed by atoms with Crippen molar-refractivity contribution in [2.75, 3.05) is 64.2 Å². The smallest absolute Gasteiger partial charge is 0.410 e. The number of hydrogen-bond donors (Lipinski definition) is 3. The van der Waals surface area contributed by atoms with Gasteiger partial charge in [0.1, 0.15) is 5.75 Å². The summed E-state index contributed by atoms with van der Waals surface area (Å²) in [6, 6.07) is 11.5. The fourth-order valence-corrected chi connectivity index (χ4v) is 8.50. The van der Waals surface area contributed by atoms with E-state index in [1.807, 2.05) is 41.3 Å². The highest BCUT2D eigenvalue weighted by Gasteiger charge is 2.37. The molecule has 4 amide bonds. The third kappa shape index (κ3) is 8.17.